The van der Waals surface area contributed by atoms with E-state index in [4.69, 9.17) is 0 Å². The second-order valence-electron chi connectivity index (χ2n) is 9.77. The fraction of sp³-hybridized carbons (Fsp3) is 0.900. The van der Waals surface area contributed by atoms with Crippen LogP contribution >= 0.6 is 0 Å². The van der Waals surface area contributed by atoms with E-state index in [0.29, 0.717) is 52.4 Å². The Kier molecular flexibility index (Phi) is 7.11. The van der Waals surface area contributed by atoms with Crippen LogP contribution in [0.4, 0.5) is 0 Å². The number of hydrogen-bond donors (Lipinski definition) is 0. The summed E-state index contributed by atoms with van der Waals surface area (Å²) >= 11 is 0. The molecule has 2 amide bonds. The third-order valence-electron chi connectivity index (χ3n) is 6.36. The molecule has 3 heterocycles. The minimum absolute atomic E-state index is 0.0538. The standard InChI is InChI=1S/C20H37N5O4S/c1-20(2,3)19(27)23-7-5-6-17(16-23)18(26)22-10-14-25(15-11-22)30(28,29)24-12-8-21(4)9-13-24/h17H,5-16H2,1-4H3. The van der Waals surface area contributed by atoms with Crippen molar-refractivity contribution in [1.82, 2.24) is 23.3 Å². The smallest absolute Gasteiger partial charge is 0.282 e. The van der Waals surface area contributed by atoms with Gasteiger partial charge in [-0.1, -0.05) is 20.8 Å². The van der Waals surface area contributed by atoms with Crippen molar-refractivity contribution in [3.05, 3.63) is 0 Å². The minimum atomic E-state index is -3.47. The van der Waals surface area contributed by atoms with Crippen LogP contribution in [0.25, 0.3) is 0 Å². The second kappa shape index (κ2) is 9.10. The number of amides is 2. The molecule has 172 valence electrons. The van der Waals surface area contributed by atoms with Gasteiger partial charge in [0.2, 0.25) is 11.8 Å². The molecule has 0 N–H and O–H groups in total. The first-order valence-electron chi connectivity index (χ1n) is 11.0. The first-order chi connectivity index (χ1) is 14.0. The van der Waals surface area contributed by atoms with E-state index in [1.165, 1.54) is 4.31 Å². The normalized spacial score (nSPS) is 26.1. The number of piperazine rings is 2. The highest BCUT2D eigenvalue weighted by Gasteiger charge is 2.38. The average Bonchev–Trinajstić information content (AvgIpc) is 2.72. The van der Waals surface area contributed by atoms with E-state index in [-0.39, 0.29) is 17.7 Å². The van der Waals surface area contributed by atoms with Gasteiger partial charge in [-0.15, -0.1) is 0 Å². The summed E-state index contributed by atoms with van der Waals surface area (Å²) in [5, 5.41) is 0. The third kappa shape index (κ3) is 5.15. The maximum Gasteiger partial charge on any atom is 0.282 e. The van der Waals surface area contributed by atoms with E-state index in [1.807, 2.05) is 32.7 Å². The van der Waals surface area contributed by atoms with Crippen LogP contribution in [0, 0.1) is 11.3 Å². The topological polar surface area (TPSA) is 84.5 Å². The second-order valence-corrected chi connectivity index (χ2v) is 11.7. The van der Waals surface area contributed by atoms with E-state index in [1.54, 1.807) is 9.21 Å². The molecule has 0 aromatic rings. The van der Waals surface area contributed by atoms with Gasteiger partial charge in [0.25, 0.3) is 10.2 Å². The highest BCUT2D eigenvalue weighted by molar-refractivity contribution is 7.86. The molecule has 3 aliphatic rings. The first-order valence-corrected chi connectivity index (χ1v) is 12.4. The van der Waals surface area contributed by atoms with Gasteiger partial charge in [0.1, 0.15) is 0 Å². The molecule has 0 aromatic heterocycles. The number of likely N-dealkylation sites (tertiary alicyclic amines) is 1. The number of hydrogen-bond acceptors (Lipinski definition) is 5. The fourth-order valence-corrected chi connectivity index (χ4v) is 5.99. The lowest BCUT2D eigenvalue weighted by Gasteiger charge is -2.41. The third-order valence-corrected chi connectivity index (χ3v) is 8.40. The van der Waals surface area contributed by atoms with Gasteiger partial charge < -0.3 is 14.7 Å². The van der Waals surface area contributed by atoms with E-state index in [9.17, 15) is 18.0 Å². The van der Waals surface area contributed by atoms with Crippen LogP contribution in [0.1, 0.15) is 33.6 Å². The van der Waals surface area contributed by atoms with Crippen molar-refractivity contribution in [3.8, 4) is 0 Å². The molecular formula is C20H37N5O4S. The van der Waals surface area contributed by atoms with Gasteiger partial charge in [-0.05, 0) is 19.9 Å². The van der Waals surface area contributed by atoms with Crippen LogP contribution in [0.15, 0.2) is 0 Å². The Balaban J connectivity index is 1.54. The highest BCUT2D eigenvalue weighted by atomic mass is 32.2. The number of nitrogens with zero attached hydrogens (tertiary/aromatic N) is 5. The number of carbonyl (C=O) groups excluding carboxylic acids is 2. The molecule has 1 atom stereocenters. The molecule has 30 heavy (non-hydrogen) atoms. The molecular weight excluding hydrogens is 406 g/mol. The van der Waals surface area contributed by atoms with E-state index < -0.39 is 15.6 Å². The Morgan fingerprint density at radius 2 is 1.33 bits per heavy atom. The zero-order chi connectivity index (χ0) is 22.1. The lowest BCUT2D eigenvalue weighted by Crippen LogP contribution is -2.58. The summed E-state index contributed by atoms with van der Waals surface area (Å²) in [6, 6.07) is 0. The lowest BCUT2D eigenvalue weighted by atomic mass is 9.90. The zero-order valence-corrected chi connectivity index (χ0v) is 19.7. The maximum absolute atomic E-state index is 13.1. The summed E-state index contributed by atoms with van der Waals surface area (Å²) in [5.74, 6) is -0.0491. The fourth-order valence-electron chi connectivity index (χ4n) is 4.42. The molecule has 3 rings (SSSR count). The van der Waals surface area contributed by atoms with E-state index in [2.05, 4.69) is 4.90 Å². The Morgan fingerprint density at radius 1 is 0.800 bits per heavy atom. The van der Waals surface area contributed by atoms with Crippen molar-refractivity contribution in [1.29, 1.82) is 0 Å². The summed E-state index contributed by atoms with van der Waals surface area (Å²) in [6.07, 6.45) is 1.61. The quantitative estimate of drug-likeness (QED) is 0.609. The Bertz CT molecular complexity index is 735. The number of carbonyl (C=O) groups is 2. The lowest BCUT2D eigenvalue weighted by molar-refractivity contribution is -0.145. The van der Waals surface area contributed by atoms with Crippen LogP contribution < -0.4 is 0 Å². The highest BCUT2D eigenvalue weighted by Crippen LogP contribution is 2.25. The van der Waals surface area contributed by atoms with Crippen LogP contribution in [0.3, 0.4) is 0 Å². The molecule has 1 unspecified atom stereocenters. The van der Waals surface area contributed by atoms with Gasteiger partial charge in [0, 0.05) is 70.9 Å². The Labute approximate surface area is 181 Å². The monoisotopic (exact) mass is 443 g/mol. The largest absolute Gasteiger partial charge is 0.341 e. The zero-order valence-electron chi connectivity index (χ0n) is 18.8. The van der Waals surface area contributed by atoms with Crippen molar-refractivity contribution >= 4 is 22.0 Å². The summed E-state index contributed by atoms with van der Waals surface area (Å²) in [4.78, 5) is 31.4. The molecule has 0 saturated carbocycles. The van der Waals surface area contributed by atoms with Crippen molar-refractivity contribution in [3.63, 3.8) is 0 Å². The molecule has 10 heteroatoms. The summed E-state index contributed by atoms with van der Waals surface area (Å²) in [6.45, 7) is 10.9. The van der Waals surface area contributed by atoms with Crippen molar-refractivity contribution in [2.75, 3.05) is 72.5 Å². The molecule has 0 aliphatic carbocycles. The van der Waals surface area contributed by atoms with Gasteiger partial charge in [-0.3, -0.25) is 9.59 Å². The van der Waals surface area contributed by atoms with Crippen LogP contribution in [0.2, 0.25) is 0 Å². The summed E-state index contributed by atoms with van der Waals surface area (Å²) < 4.78 is 28.9. The summed E-state index contributed by atoms with van der Waals surface area (Å²) in [5.41, 5.74) is -0.450. The number of piperidine rings is 1. The van der Waals surface area contributed by atoms with Crippen LogP contribution in [-0.2, 0) is 19.8 Å². The Morgan fingerprint density at radius 3 is 1.87 bits per heavy atom. The van der Waals surface area contributed by atoms with Gasteiger partial charge in [-0.25, -0.2) is 0 Å². The summed E-state index contributed by atoms with van der Waals surface area (Å²) in [7, 11) is -1.47. The first kappa shape index (κ1) is 23.4. The van der Waals surface area contributed by atoms with Crippen molar-refractivity contribution in [2.45, 2.75) is 33.6 Å². The molecule has 0 bridgehead atoms. The van der Waals surface area contributed by atoms with Gasteiger partial charge in [0.15, 0.2) is 0 Å². The predicted molar refractivity (Wildman–Crippen MR) is 115 cm³/mol. The average molecular weight is 444 g/mol. The molecule has 3 saturated heterocycles. The molecule has 0 radical (unpaired) electrons. The predicted octanol–water partition coefficient (Wildman–Crippen LogP) is -0.0925. The Hall–Kier alpha value is -1.23. The van der Waals surface area contributed by atoms with Crippen LogP contribution in [0.5, 0.6) is 0 Å². The molecule has 3 fully saturated rings. The van der Waals surface area contributed by atoms with E-state index in [0.717, 1.165) is 25.9 Å². The molecule has 9 nitrogen and oxygen atoms in total. The molecule has 0 aromatic carbocycles. The minimum Gasteiger partial charge on any atom is -0.341 e. The van der Waals surface area contributed by atoms with Gasteiger partial charge >= 0.3 is 0 Å². The van der Waals surface area contributed by atoms with Gasteiger partial charge in [-0.2, -0.15) is 17.0 Å². The molecule has 3 aliphatic heterocycles. The van der Waals surface area contributed by atoms with E-state index >= 15 is 0 Å². The van der Waals surface area contributed by atoms with Gasteiger partial charge in [0.05, 0.1) is 5.92 Å². The molecule has 0 spiro atoms. The maximum atomic E-state index is 13.1. The number of rotatable bonds is 3. The van der Waals surface area contributed by atoms with Crippen molar-refractivity contribution in [2.24, 2.45) is 11.3 Å². The number of likely N-dealkylation sites (N-methyl/N-ethyl adjacent to an activating group) is 1. The van der Waals surface area contributed by atoms with Crippen molar-refractivity contribution < 1.29 is 18.0 Å². The SMILES string of the molecule is CN1CCN(S(=O)(=O)N2CCN(C(=O)C3CCCN(C(=O)C(C)(C)C)C3)CC2)CC1. The van der Waals surface area contributed by atoms with Crippen LogP contribution in [-0.4, -0.2) is 116 Å².